The van der Waals surface area contributed by atoms with Crippen LogP contribution in [0.5, 0.6) is 0 Å². The van der Waals surface area contributed by atoms with Crippen LogP contribution in [0.2, 0.25) is 0 Å². The third-order valence-corrected chi connectivity index (χ3v) is 3.07. The van der Waals surface area contributed by atoms with E-state index in [1.807, 2.05) is 41.5 Å². The zero-order valence-corrected chi connectivity index (χ0v) is 19.9. The number of nitrogens with one attached hydrogen (secondary N) is 3. The summed E-state index contributed by atoms with van der Waals surface area (Å²) in [4.78, 5) is 30.5. The SMILES string of the molecule is CC(C)CC([NH-])C(=O)[OH2+].CC(C)CC([NH-])C(=O)[OH2+].CC(C)CC([NH-])C(=O)[OH2+].[Ge]. The van der Waals surface area contributed by atoms with Crippen LogP contribution in [-0.4, -0.2) is 68.9 Å². The van der Waals surface area contributed by atoms with Gasteiger partial charge in [-0.3, -0.25) is 0 Å². The second-order valence-corrected chi connectivity index (χ2v) is 7.64. The molecule has 9 nitrogen and oxygen atoms in total. The van der Waals surface area contributed by atoms with Crippen molar-refractivity contribution in [2.45, 2.75) is 78.9 Å². The number of rotatable bonds is 9. The van der Waals surface area contributed by atoms with E-state index in [9.17, 15) is 14.4 Å². The molecular weight excluding hydrogens is 427 g/mol. The van der Waals surface area contributed by atoms with Gasteiger partial charge >= 0.3 is 17.9 Å². The van der Waals surface area contributed by atoms with Crippen LogP contribution in [0.4, 0.5) is 0 Å². The molecule has 0 aromatic carbocycles. The third kappa shape index (κ3) is 27.1. The summed E-state index contributed by atoms with van der Waals surface area (Å²) >= 11 is 0. The van der Waals surface area contributed by atoms with Crippen LogP contribution in [0.15, 0.2) is 0 Å². The predicted octanol–water partition coefficient (Wildman–Crippen LogP) is 1.73. The van der Waals surface area contributed by atoms with Crippen molar-refractivity contribution in [3.8, 4) is 0 Å². The van der Waals surface area contributed by atoms with Crippen LogP contribution in [0.1, 0.15) is 60.8 Å². The van der Waals surface area contributed by atoms with Crippen molar-refractivity contribution in [1.82, 2.24) is 0 Å². The van der Waals surface area contributed by atoms with Gasteiger partial charge in [0.15, 0.2) is 0 Å². The van der Waals surface area contributed by atoms with E-state index in [1.165, 1.54) is 0 Å². The van der Waals surface area contributed by atoms with Gasteiger partial charge in [0, 0.05) is 50.1 Å². The molecule has 0 aliphatic rings. The molecular formula is C18H39GeN3O6. The molecule has 0 heterocycles. The third-order valence-electron chi connectivity index (χ3n) is 3.07. The number of hydrogen-bond acceptors (Lipinski definition) is 3. The fourth-order valence-electron chi connectivity index (χ4n) is 1.74. The Bertz CT molecular complexity index is 372. The Labute approximate surface area is 179 Å². The van der Waals surface area contributed by atoms with Gasteiger partial charge in [0.2, 0.25) is 0 Å². The molecule has 0 aromatic heterocycles. The molecule has 0 fully saturated rings. The van der Waals surface area contributed by atoms with E-state index in [2.05, 4.69) is 0 Å². The van der Waals surface area contributed by atoms with Crippen LogP contribution in [0.3, 0.4) is 0 Å². The number of hydrogen-bond donors (Lipinski definition) is 0. The van der Waals surface area contributed by atoms with Gasteiger partial charge in [-0.05, 0) is 17.8 Å². The second kappa shape index (κ2) is 19.2. The minimum absolute atomic E-state index is 0. The van der Waals surface area contributed by atoms with Crippen LogP contribution in [-0.2, 0) is 14.4 Å². The van der Waals surface area contributed by atoms with Gasteiger partial charge in [-0.2, -0.15) is 0 Å². The van der Waals surface area contributed by atoms with Gasteiger partial charge < -0.3 is 32.5 Å². The minimum Gasteiger partial charge on any atom is -0.660 e. The molecule has 0 saturated heterocycles. The van der Waals surface area contributed by atoms with Crippen molar-refractivity contribution in [3.05, 3.63) is 17.2 Å². The van der Waals surface area contributed by atoms with E-state index >= 15 is 0 Å². The normalized spacial score (nSPS) is 13.3. The maximum atomic E-state index is 10.2. The number of carbonyl (C=O) groups excluding carboxylic acids is 3. The summed E-state index contributed by atoms with van der Waals surface area (Å²) in [5.74, 6) is -1.32. The average Bonchev–Trinajstić information content (AvgIpc) is 2.46. The average molecular weight is 466 g/mol. The topological polar surface area (TPSA) is 191 Å². The van der Waals surface area contributed by atoms with Crippen LogP contribution >= 0.6 is 0 Å². The fourth-order valence-corrected chi connectivity index (χ4v) is 1.74. The Hall–Kier alpha value is -1.17. The first-order valence-corrected chi connectivity index (χ1v) is 9.01. The summed E-state index contributed by atoms with van der Waals surface area (Å²) in [7, 11) is 0. The predicted molar refractivity (Wildman–Crippen MR) is 114 cm³/mol. The maximum Gasteiger partial charge on any atom is 0.498 e. The first-order chi connectivity index (χ1) is 12.1. The molecule has 9 N–H and O–H groups in total. The quantitative estimate of drug-likeness (QED) is 0.370. The molecule has 166 valence electrons. The van der Waals surface area contributed by atoms with Crippen molar-refractivity contribution in [1.29, 1.82) is 0 Å². The first-order valence-electron chi connectivity index (χ1n) is 9.01. The second-order valence-electron chi connectivity index (χ2n) is 7.64. The summed E-state index contributed by atoms with van der Waals surface area (Å²) < 4.78 is 0. The Morgan fingerprint density at radius 3 is 0.750 bits per heavy atom. The molecule has 0 aromatic rings. The van der Waals surface area contributed by atoms with Crippen LogP contribution in [0, 0.1) is 17.8 Å². The van der Waals surface area contributed by atoms with Crippen molar-refractivity contribution in [2.75, 3.05) is 0 Å². The van der Waals surface area contributed by atoms with Gasteiger partial charge in [-0.1, -0.05) is 60.8 Å². The molecule has 0 saturated carbocycles. The molecule has 3 atom stereocenters. The van der Waals surface area contributed by atoms with E-state index in [-0.39, 0.29) is 17.6 Å². The molecule has 3 unspecified atom stereocenters. The van der Waals surface area contributed by atoms with Crippen LogP contribution in [0.25, 0.3) is 17.2 Å². The largest absolute Gasteiger partial charge is 0.660 e. The molecule has 10 heteroatoms. The maximum absolute atomic E-state index is 10.2. The Kier molecular flexibility index (Phi) is 23.5. The zero-order valence-electron chi connectivity index (χ0n) is 17.8. The molecule has 28 heavy (non-hydrogen) atoms. The minimum atomic E-state index is -0.829. The van der Waals surface area contributed by atoms with Gasteiger partial charge in [-0.25, -0.2) is 0 Å². The van der Waals surface area contributed by atoms with Gasteiger partial charge in [0.1, 0.15) is 0 Å². The van der Waals surface area contributed by atoms with Crippen molar-refractivity contribution in [3.63, 3.8) is 0 Å². The Morgan fingerprint density at radius 2 is 0.714 bits per heavy atom. The summed E-state index contributed by atoms with van der Waals surface area (Å²) in [5.41, 5.74) is 21.1. The number of carbonyl (C=O) groups is 3. The van der Waals surface area contributed by atoms with Gasteiger partial charge in [0.05, 0.1) is 0 Å². The monoisotopic (exact) mass is 467 g/mol. The summed E-state index contributed by atoms with van der Waals surface area (Å²) in [5, 5.41) is 19.7. The first kappa shape index (κ1) is 34.3. The van der Waals surface area contributed by atoms with Gasteiger partial charge in [-0.15, -0.1) is 0 Å². The fraction of sp³-hybridized carbons (Fsp3) is 0.833. The van der Waals surface area contributed by atoms with Crippen LogP contribution < -0.4 is 0 Å². The zero-order chi connectivity index (χ0) is 22.3. The van der Waals surface area contributed by atoms with E-state index in [0.717, 1.165) is 0 Å². The molecule has 0 amide bonds. The van der Waals surface area contributed by atoms with Gasteiger partial charge in [0.25, 0.3) is 0 Å². The Balaban J connectivity index is -0.000000152. The molecule has 0 rings (SSSR count). The standard InChI is InChI=1S/3C6H12NO2.Ge/c3*1-4(2)3-5(7)6(8)9;/h3*4-5,7H,3H2,1-2H3,(H,8,9);/q3*-1;/p+3. The molecule has 4 radical (unpaired) electrons. The summed E-state index contributed by atoms with van der Waals surface area (Å²) in [6.45, 7) is 11.6. The summed E-state index contributed by atoms with van der Waals surface area (Å²) in [6.07, 6.45) is 1.51. The van der Waals surface area contributed by atoms with Crippen molar-refractivity contribution >= 4 is 35.5 Å². The van der Waals surface area contributed by atoms with Crippen molar-refractivity contribution in [2.24, 2.45) is 17.8 Å². The molecule has 0 spiro atoms. The molecule has 0 aliphatic carbocycles. The van der Waals surface area contributed by atoms with Crippen molar-refractivity contribution < 1.29 is 29.7 Å². The summed E-state index contributed by atoms with van der Waals surface area (Å²) in [6, 6.07) is -2.49. The molecule has 0 bridgehead atoms. The van der Waals surface area contributed by atoms with E-state index in [1.54, 1.807) is 0 Å². The Morgan fingerprint density at radius 1 is 0.571 bits per heavy atom. The van der Waals surface area contributed by atoms with E-state index in [0.29, 0.717) is 37.0 Å². The smallest absolute Gasteiger partial charge is 0.498 e. The van der Waals surface area contributed by atoms with E-state index in [4.69, 9.17) is 32.5 Å². The van der Waals surface area contributed by atoms with E-state index < -0.39 is 36.0 Å². The molecule has 0 aliphatic heterocycles.